The molecule has 0 spiro atoms. The average Bonchev–Trinajstić information content (AvgIpc) is 2.54. The zero-order valence-electron chi connectivity index (χ0n) is 12.4. The second kappa shape index (κ2) is 7.78. The molecule has 1 heterocycles. The summed E-state index contributed by atoms with van der Waals surface area (Å²) in [7, 11) is 0. The molecule has 0 radical (unpaired) electrons. The summed E-state index contributed by atoms with van der Waals surface area (Å²) in [5, 5.41) is 4.25. The molecule has 0 aliphatic carbocycles. The van der Waals surface area contributed by atoms with Crippen molar-refractivity contribution in [1.82, 2.24) is 5.06 Å². The fourth-order valence-electron chi connectivity index (χ4n) is 2.30. The Morgan fingerprint density at radius 1 is 1.24 bits per heavy atom. The Morgan fingerprint density at radius 3 is 2.76 bits per heavy atom. The lowest BCUT2D eigenvalue weighted by Gasteiger charge is -2.25. The van der Waals surface area contributed by atoms with Crippen LogP contribution in [0, 0.1) is 0 Å². The number of hydrogen-bond donors (Lipinski definition) is 1. The second-order valence-corrected chi connectivity index (χ2v) is 5.10. The third kappa shape index (κ3) is 4.56. The van der Waals surface area contributed by atoms with Crippen molar-refractivity contribution in [3.8, 4) is 0 Å². The van der Waals surface area contributed by atoms with Crippen LogP contribution in [-0.2, 0) is 20.8 Å². The quantitative estimate of drug-likeness (QED) is 0.906. The normalized spacial score (nSPS) is 14.8. The lowest BCUT2D eigenvalue weighted by Crippen LogP contribution is -2.36. The molecule has 1 aliphatic rings. The summed E-state index contributed by atoms with van der Waals surface area (Å²) in [5.41, 5.74) is 1.92. The molecule has 5 heteroatoms. The van der Waals surface area contributed by atoms with Gasteiger partial charge >= 0.3 is 0 Å². The van der Waals surface area contributed by atoms with E-state index in [1.165, 1.54) is 5.06 Å². The molecule has 1 aliphatic heterocycles. The van der Waals surface area contributed by atoms with Crippen LogP contribution < -0.4 is 5.32 Å². The van der Waals surface area contributed by atoms with Crippen molar-refractivity contribution < 1.29 is 14.4 Å². The Kier molecular flexibility index (Phi) is 5.75. The Labute approximate surface area is 125 Å². The van der Waals surface area contributed by atoms with Crippen LogP contribution in [0.5, 0.6) is 0 Å². The van der Waals surface area contributed by atoms with Gasteiger partial charge in [0.2, 0.25) is 11.8 Å². The minimum absolute atomic E-state index is 0.117. The van der Waals surface area contributed by atoms with E-state index >= 15 is 0 Å². The molecule has 0 atom stereocenters. The molecule has 2 amide bonds. The molecule has 21 heavy (non-hydrogen) atoms. The van der Waals surface area contributed by atoms with Gasteiger partial charge in [-0.2, -0.15) is 0 Å². The summed E-state index contributed by atoms with van der Waals surface area (Å²) in [5.74, 6) is -0.255. The molecule has 1 aromatic carbocycles. The minimum atomic E-state index is -0.138. The monoisotopic (exact) mass is 290 g/mol. The van der Waals surface area contributed by atoms with E-state index in [1.807, 2.05) is 31.2 Å². The van der Waals surface area contributed by atoms with Crippen molar-refractivity contribution in [2.75, 3.05) is 18.5 Å². The molecular weight excluding hydrogens is 268 g/mol. The highest BCUT2D eigenvalue weighted by molar-refractivity contribution is 5.93. The van der Waals surface area contributed by atoms with Gasteiger partial charge in [0.25, 0.3) is 0 Å². The second-order valence-electron chi connectivity index (χ2n) is 5.10. The van der Waals surface area contributed by atoms with Crippen molar-refractivity contribution in [3.05, 3.63) is 29.8 Å². The van der Waals surface area contributed by atoms with Crippen molar-refractivity contribution in [3.63, 3.8) is 0 Å². The summed E-state index contributed by atoms with van der Waals surface area (Å²) < 4.78 is 0. The number of anilines is 1. The van der Waals surface area contributed by atoms with E-state index in [0.717, 1.165) is 30.5 Å². The molecule has 0 aromatic heterocycles. The predicted octanol–water partition coefficient (Wildman–Crippen LogP) is 2.52. The highest BCUT2D eigenvalue weighted by Gasteiger charge is 2.18. The maximum atomic E-state index is 11.9. The minimum Gasteiger partial charge on any atom is -0.326 e. The average molecular weight is 290 g/mol. The molecule has 0 saturated carbocycles. The number of carbonyl (C=O) groups is 2. The first-order valence-electron chi connectivity index (χ1n) is 7.51. The first kappa shape index (κ1) is 15.5. The van der Waals surface area contributed by atoms with E-state index in [9.17, 15) is 9.59 Å². The molecule has 1 saturated heterocycles. The van der Waals surface area contributed by atoms with Crippen LogP contribution in [0.3, 0.4) is 0 Å². The Hall–Kier alpha value is -1.88. The van der Waals surface area contributed by atoms with Crippen molar-refractivity contribution >= 4 is 17.5 Å². The summed E-state index contributed by atoms with van der Waals surface area (Å²) in [6, 6.07) is 7.71. The maximum Gasteiger partial charge on any atom is 0.246 e. The molecule has 5 nitrogen and oxygen atoms in total. The van der Waals surface area contributed by atoms with Gasteiger partial charge in [-0.3, -0.25) is 14.4 Å². The van der Waals surface area contributed by atoms with E-state index < -0.39 is 0 Å². The smallest absolute Gasteiger partial charge is 0.246 e. The fraction of sp³-hybridized carbons (Fsp3) is 0.500. The van der Waals surface area contributed by atoms with Crippen LogP contribution in [0.1, 0.15) is 38.2 Å². The van der Waals surface area contributed by atoms with E-state index in [0.29, 0.717) is 13.2 Å². The summed E-state index contributed by atoms with van der Waals surface area (Å²) in [6.45, 7) is 3.25. The highest BCUT2D eigenvalue weighted by atomic mass is 16.7. The predicted molar refractivity (Wildman–Crippen MR) is 80.6 cm³/mol. The van der Waals surface area contributed by atoms with Crippen molar-refractivity contribution in [2.45, 2.75) is 39.0 Å². The van der Waals surface area contributed by atoms with Gasteiger partial charge in [0, 0.05) is 25.1 Å². The van der Waals surface area contributed by atoms with Crippen LogP contribution in [0.2, 0.25) is 0 Å². The zero-order valence-corrected chi connectivity index (χ0v) is 12.4. The molecule has 1 aromatic rings. The van der Waals surface area contributed by atoms with Crippen molar-refractivity contribution in [1.29, 1.82) is 0 Å². The zero-order chi connectivity index (χ0) is 15.1. The lowest BCUT2D eigenvalue weighted by molar-refractivity contribution is -0.197. The van der Waals surface area contributed by atoms with Crippen LogP contribution in [0.25, 0.3) is 0 Å². The van der Waals surface area contributed by atoms with Gasteiger partial charge in [0.05, 0.1) is 6.61 Å². The van der Waals surface area contributed by atoms with Crippen LogP contribution >= 0.6 is 0 Å². The SMILES string of the molecule is CCc1ccccc1NC(=O)CCC(=O)N1CCCCO1. The molecular formula is C16H22N2O3. The number of rotatable bonds is 5. The van der Waals surface area contributed by atoms with Crippen LogP contribution in [-0.4, -0.2) is 30.0 Å². The molecule has 0 unspecified atom stereocenters. The number of hydroxylamine groups is 2. The first-order valence-corrected chi connectivity index (χ1v) is 7.51. The number of hydrogen-bond acceptors (Lipinski definition) is 3. The van der Waals surface area contributed by atoms with Crippen molar-refractivity contribution in [2.24, 2.45) is 0 Å². The fourth-order valence-corrected chi connectivity index (χ4v) is 2.30. The summed E-state index contributed by atoms with van der Waals surface area (Å²) >= 11 is 0. The van der Waals surface area contributed by atoms with Crippen LogP contribution in [0.15, 0.2) is 24.3 Å². The number of nitrogens with one attached hydrogen (secondary N) is 1. The summed E-state index contributed by atoms with van der Waals surface area (Å²) in [4.78, 5) is 29.1. The van der Waals surface area contributed by atoms with Gasteiger partial charge < -0.3 is 5.32 Å². The lowest BCUT2D eigenvalue weighted by atomic mass is 10.1. The molecule has 2 rings (SSSR count). The molecule has 1 N–H and O–H groups in total. The van der Waals surface area contributed by atoms with Gasteiger partial charge in [-0.1, -0.05) is 25.1 Å². The van der Waals surface area contributed by atoms with Gasteiger partial charge in [0.15, 0.2) is 0 Å². The van der Waals surface area contributed by atoms with Gasteiger partial charge in [0.1, 0.15) is 0 Å². The number of para-hydroxylation sites is 1. The molecule has 0 bridgehead atoms. The third-order valence-electron chi connectivity index (χ3n) is 3.52. The molecule has 1 fully saturated rings. The number of benzene rings is 1. The Morgan fingerprint density at radius 2 is 2.05 bits per heavy atom. The maximum absolute atomic E-state index is 11.9. The Bertz CT molecular complexity index is 496. The number of carbonyl (C=O) groups excluding carboxylic acids is 2. The number of nitrogens with zero attached hydrogens (tertiary/aromatic N) is 1. The van der Waals surface area contributed by atoms with E-state index in [2.05, 4.69) is 5.32 Å². The third-order valence-corrected chi connectivity index (χ3v) is 3.52. The van der Waals surface area contributed by atoms with E-state index in [4.69, 9.17) is 4.84 Å². The standard InChI is InChI=1S/C16H22N2O3/c1-2-13-7-3-4-8-14(13)17-15(19)9-10-16(20)18-11-5-6-12-21-18/h3-4,7-8H,2,5-6,9-12H2,1H3,(H,17,19). The van der Waals surface area contributed by atoms with Gasteiger partial charge in [-0.05, 0) is 30.9 Å². The number of amides is 2. The highest BCUT2D eigenvalue weighted by Crippen LogP contribution is 2.16. The van der Waals surface area contributed by atoms with E-state index in [1.54, 1.807) is 0 Å². The Balaban J connectivity index is 1.80. The van der Waals surface area contributed by atoms with Gasteiger partial charge in [-0.15, -0.1) is 0 Å². The molecule has 114 valence electrons. The topological polar surface area (TPSA) is 58.6 Å². The first-order chi connectivity index (χ1) is 10.2. The van der Waals surface area contributed by atoms with Crippen LogP contribution in [0.4, 0.5) is 5.69 Å². The van der Waals surface area contributed by atoms with E-state index in [-0.39, 0.29) is 24.7 Å². The largest absolute Gasteiger partial charge is 0.326 e. The summed E-state index contributed by atoms with van der Waals surface area (Å²) in [6.07, 6.45) is 3.16. The number of aryl methyl sites for hydroxylation is 1. The van der Waals surface area contributed by atoms with Gasteiger partial charge in [-0.25, -0.2) is 5.06 Å².